The number of hydrogen-bond acceptors (Lipinski definition) is 2. The molecular weight excluding hydrogens is 236 g/mol. The minimum atomic E-state index is -0.509. The highest BCUT2D eigenvalue weighted by Gasteiger charge is 2.10. The molecule has 2 aromatic rings. The normalized spacial score (nSPS) is 11.5. The third-order valence-corrected chi connectivity index (χ3v) is 2.63. The van der Waals surface area contributed by atoms with Crippen LogP contribution in [-0.4, -0.2) is 14.8 Å². The van der Waals surface area contributed by atoms with Gasteiger partial charge in [0.1, 0.15) is 0 Å². The highest BCUT2D eigenvalue weighted by molar-refractivity contribution is 6.75. The Balaban J connectivity index is 2.47. The second-order valence-corrected chi connectivity index (χ2v) is 3.93. The smallest absolute Gasteiger partial charge is 0.254 e. The van der Waals surface area contributed by atoms with Crippen LogP contribution in [0, 0.1) is 0 Å². The number of carbonyl (C=O) groups is 1. The number of hydrogen-bond donors (Lipinski definition) is 0. The molecule has 0 aliphatic heterocycles. The third-order valence-electron chi connectivity index (χ3n) is 2.43. The Bertz CT molecular complexity index is 558. The summed E-state index contributed by atoms with van der Waals surface area (Å²) < 4.78 is 1.91. The highest BCUT2D eigenvalue weighted by Crippen LogP contribution is 2.18. The molecular formula is C13H11ClN2O. The number of carbonyl (C=O) groups excluding carboxylic acids is 1. The molecule has 0 aromatic carbocycles. The van der Waals surface area contributed by atoms with Crippen molar-refractivity contribution < 1.29 is 4.79 Å². The van der Waals surface area contributed by atoms with Crippen LogP contribution in [0.5, 0.6) is 0 Å². The van der Waals surface area contributed by atoms with Crippen LogP contribution in [0.2, 0.25) is 0 Å². The van der Waals surface area contributed by atoms with Crippen molar-refractivity contribution in [1.29, 1.82) is 0 Å². The van der Waals surface area contributed by atoms with E-state index in [4.69, 9.17) is 11.6 Å². The number of aryl methyl sites for hydroxylation is 1. The van der Waals surface area contributed by atoms with Crippen LogP contribution in [0.4, 0.5) is 0 Å². The SMILES string of the molecule is Cn1cccc1/C=C(\C(=O)Cl)c1ccccn1. The van der Waals surface area contributed by atoms with Gasteiger partial charge in [0.2, 0.25) is 0 Å². The van der Waals surface area contributed by atoms with Gasteiger partial charge in [-0.1, -0.05) is 6.07 Å². The Hall–Kier alpha value is -1.87. The van der Waals surface area contributed by atoms with Crippen molar-refractivity contribution in [2.45, 2.75) is 0 Å². The molecule has 0 N–H and O–H groups in total. The zero-order valence-corrected chi connectivity index (χ0v) is 10.1. The molecule has 3 nitrogen and oxygen atoms in total. The van der Waals surface area contributed by atoms with E-state index in [0.717, 1.165) is 5.69 Å². The summed E-state index contributed by atoms with van der Waals surface area (Å²) in [4.78, 5) is 15.6. The van der Waals surface area contributed by atoms with Crippen LogP contribution in [0.25, 0.3) is 11.6 Å². The largest absolute Gasteiger partial charge is 0.351 e. The summed E-state index contributed by atoms with van der Waals surface area (Å²) in [5.74, 6) is 0. The Kier molecular flexibility index (Phi) is 3.40. The van der Waals surface area contributed by atoms with E-state index in [1.807, 2.05) is 36.0 Å². The number of halogens is 1. The first-order valence-electron chi connectivity index (χ1n) is 5.13. The van der Waals surface area contributed by atoms with E-state index in [9.17, 15) is 4.79 Å². The Labute approximate surface area is 104 Å². The van der Waals surface area contributed by atoms with Crippen LogP contribution < -0.4 is 0 Å². The van der Waals surface area contributed by atoms with E-state index in [-0.39, 0.29) is 0 Å². The molecule has 4 heteroatoms. The lowest BCUT2D eigenvalue weighted by Gasteiger charge is -2.02. The van der Waals surface area contributed by atoms with Gasteiger partial charge < -0.3 is 4.57 Å². The van der Waals surface area contributed by atoms with Crippen molar-refractivity contribution in [3.05, 3.63) is 54.1 Å². The maximum atomic E-state index is 11.4. The summed E-state index contributed by atoms with van der Waals surface area (Å²) in [6.45, 7) is 0. The predicted octanol–water partition coefficient (Wildman–Crippen LogP) is 2.73. The Morgan fingerprint density at radius 3 is 2.71 bits per heavy atom. The number of aromatic nitrogens is 2. The van der Waals surface area contributed by atoms with Crippen LogP contribution in [0.15, 0.2) is 42.7 Å². The highest BCUT2D eigenvalue weighted by atomic mass is 35.5. The quantitative estimate of drug-likeness (QED) is 0.617. The first-order chi connectivity index (χ1) is 8.18. The monoisotopic (exact) mass is 246 g/mol. The van der Waals surface area contributed by atoms with Gasteiger partial charge in [0.25, 0.3) is 5.24 Å². The average Bonchev–Trinajstić information content (AvgIpc) is 2.72. The molecule has 2 rings (SSSR count). The van der Waals surface area contributed by atoms with Crippen LogP contribution >= 0.6 is 11.6 Å². The van der Waals surface area contributed by atoms with Crippen molar-refractivity contribution in [1.82, 2.24) is 9.55 Å². The van der Waals surface area contributed by atoms with E-state index in [1.165, 1.54) is 0 Å². The van der Waals surface area contributed by atoms with Crippen molar-refractivity contribution in [3.8, 4) is 0 Å². The maximum absolute atomic E-state index is 11.4. The first-order valence-corrected chi connectivity index (χ1v) is 5.50. The van der Waals surface area contributed by atoms with Gasteiger partial charge in [0.15, 0.2) is 0 Å². The summed E-state index contributed by atoms with van der Waals surface area (Å²) in [6.07, 6.45) is 5.27. The second kappa shape index (κ2) is 4.97. The summed E-state index contributed by atoms with van der Waals surface area (Å²) >= 11 is 5.59. The van der Waals surface area contributed by atoms with E-state index < -0.39 is 5.24 Å². The van der Waals surface area contributed by atoms with Crippen molar-refractivity contribution in [3.63, 3.8) is 0 Å². The first kappa shape index (κ1) is 11.6. The summed E-state index contributed by atoms with van der Waals surface area (Å²) in [6, 6.07) is 9.18. The molecule has 0 bridgehead atoms. The molecule has 0 radical (unpaired) electrons. The van der Waals surface area contributed by atoms with E-state index in [2.05, 4.69) is 4.98 Å². The average molecular weight is 247 g/mol. The lowest BCUT2D eigenvalue weighted by Crippen LogP contribution is -1.97. The fourth-order valence-corrected chi connectivity index (χ4v) is 1.68. The van der Waals surface area contributed by atoms with Crippen molar-refractivity contribution in [2.75, 3.05) is 0 Å². The topological polar surface area (TPSA) is 34.9 Å². The third kappa shape index (κ3) is 2.63. The molecule has 2 aromatic heterocycles. The molecule has 17 heavy (non-hydrogen) atoms. The zero-order chi connectivity index (χ0) is 12.3. The summed E-state index contributed by atoms with van der Waals surface area (Å²) in [5, 5.41) is -0.509. The van der Waals surface area contributed by atoms with E-state index >= 15 is 0 Å². The van der Waals surface area contributed by atoms with Crippen LogP contribution in [0.3, 0.4) is 0 Å². The van der Waals surface area contributed by atoms with Crippen LogP contribution in [-0.2, 0) is 11.8 Å². The van der Waals surface area contributed by atoms with Crippen molar-refractivity contribution in [2.24, 2.45) is 7.05 Å². The molecule has 0 saturated heterocycles. The summed E-state index contributed by atoms with van der Waals surface area (Å²) in [5.41, 5.74) is 1.88. The zero-order valence-electron chi connectivity index (χ0n) is 9.30. The molecule has 86 valence electrons. The van der Waals surface area contributed by atoms with Gasteiger partial charge in [-0.15, -0.1) is 0 Å². The molecule has 0 aliphatic rings. The maximum Gasteiger partial charge on any atom is 0.254 e. The van der Waals surface area contributed by atoms with Gasteiger partial charge >= 0.3 is 0 Å². The molecule has 0 spiro atoms. The van der Waals surface area contributed by atoms with Crippen LogP contribution in [0.1, 0.15) is 11.4 Å². The minimum Gasteiger partial charge on any atom is -0.351 e. The number of rotatable bonds is 3. The summed E-state index contributed by atoms with van der Waals surface area (Å²) in [7, 11) is 1.90. The van der Waals surface area contributed by atoms with Gasteiger partial charge in [-0.2, -0.15) is 0 Å². The van der Waals surface area contributed by atoms with E-state index in [0.29, 0.717) is 11.3 Å². The molecule has 2 heterocycles. The number of nitrogens with zero attached hydrogens (tertiary/aromatic N) is 2. The molecule has 0 unspecified atom stereocenters. The predicted molar refractivity (Wildman–Crippen MR) is 68.4 cm³/mol. The van der Waals surface area contributed by atoms with Crippen molar-refractivity contribution >= 4 is 28.5 Å². The fraction of sp³-hybridized carbons (Fsp3) is 0.0769. The fourth-order valence-electron chi connectivity index (χ4n) is 1.53. The molecule has 0 fully saturated rings. The van der Waals surface area contributed by atoms with Gasteiger partial charge in [-0.25, -0.2) is 0 Å². The lowest BCUT2D eigenvalue weighted by atomic mass is 10.1. The Morgan fingerprint density at radius 2 is 2.18 bits per heavy atom. The lowest BCUT2D eigenvalue weighted by molar-refractivity contribution is -0.106. The van der Waals surface area contributed by atoms with Gasteiger partial charge in [0, 0.05) is 25.1 Å². The van der Waals surface area contributed by atoms with E-state index in [1.54, 1.807) is 24.4 Å². The molecule has 0 saturated carbocycles. The number of allylic oxidation sites excluding steroid dienone is 1. The minimum absolute atomic E-state index is 0.397. The molecule has 0 amide bonds. The second-order valence-electron chi connectivity index (χ2n) is 3.59. The number of pyridine rings is 1. The van der Waals surface area contributed by atoms with Gasteiger partial charge in [0.05, 0.1) is 11.3 Å². The Morgan fingerprint density at radius 1 is 1.35 bits per heavy atom. The standard InChI is InChI=1S/C13H11ClN2O/c1-16-8-4-5-10(16)9-11(13(14)17)12-6-2-3-7-15-12/h2-9H,1H3/b11-9-. The molecule has 0 atom stereocenters. The molecule has 0 aliphatic carbocycles. The van der Waals surface area contributed by atoms with Gasteiger partial charge in [-0.3, -0.25) is 9.78 Å². The van der Waals surface area contributed by atoms with Gasteiger partial charge in [-0.05, 0) is 41.9 Å².